The van der Waals surface area contributed by atoms with Crippen molar-refractivity contribution in [2.45, 2.75) is 25.3 Å². The minimum absolute atomic E-state index is 0.111. The van der Waals surface area contributed by atoms with E-state index in [-0.39, 0.29) is 11.9 Å². The Morgan fingerprint density at radius 2 is 2.40 bits per heavy atom. The highest BCUT2D eigenvalue weighted by atomic mass is 79.9. The molecule has 20 heavy (non-hydrogen) atoms. The van der Waals surface area contributed by atoms with E-state index in [2.05, 4.69) is 35.8 Å². The maximum absolute atomic E-state index is 11.3. The fraction of sp³-hybridized carbons (Fsp3) is 0.462. The number of piperidine rings is 1. The number of aryl methyl sites for hydroxylation is 1. The van der Waals surface area contributed by atoms with Crippen LogP contribution in [0.25, 0.3) is 11.2 Å². The Bertz CT molecular complexity index is 647. The minimum atomic E-state index is 0.111. The number of fused-ring (bicyclic) bond motifs is 1. The molecule has 3 rings (SSSR count). The molecule has 0 spiro atoms. The number of imidazole rings is 1. The lowest BCUT2D eigenvalue weighted by atomic mass is 10.1. The number of aromatic nitrogens is 3. The molecule has 0 radical (unpaired) electrons. The van der Waals surface area contributed by atoms with Gasteiger partial charge in [0.25, 0.3) is 0 Å². The second-order valence-electron chi connectivity index (χ2n) is 4.83. The summed E-state index contributed by atoms with van der Waals surface area (Å²) in [6, 6.07) is 2.16. The van der Waals surface area contributed by atoms with Gasteiger partial charge in [-0.2, -0.15) is 0 Å². The third-order valence-electron chi connectivity index (χ3n) is 3.49. The molecule has 3 heterocycles. The Labute approximate surface area is 129 Å². The molecular weight excluding hydrogens is 344 g/mol. The van der Waals surface area contributed by atoms with Crippen molar-refractivity contribution < 1.29 is 4.79 Å². The molecule has 0 aliphatic carbocycles. The summed E-state index contributed by atoms with van der Waals surface area (Å²) < 4.78 is 3.04. The summed E-state index contributed by atoms with van der Waals surface area (Å²) in [5.74, 6) is 1.56. The van der Waals surface area contributed by atoms with Crippen molar-refractivity contribution in [3.05, 3.63) is 22.6 Å². The van der Waals surface area contributed by atoms with Gasteiger partial charge in [0.2, 0.25) is 5.91 Å². The Hall–Kier alpha value is -1.14. The van der Waals surface area contributed by atoms with Gasteiger partial charge in [0.05, 0.1) is 6.04 Å². The summed E-state index contributed by atoms with van der Waals surface area (Å²) >= 11 is 9.29. The highest BCUT2D eigenvalue weighted by molar-refractivity contribution is 9.10. The smallest absolute Gasteiger partial charge is 0.220 e. The van der Waals surface area contributed by atoms with Crippen LogP contribution in [0.2, 0.25) is 0 Å². The topological polar surface area (TPSA) is 59.8 Å². The van der Waals surface area contributed by atoms with Crippen LogP contribution in [0.4, 0.5) is 0 Å². The van der Waals surface area contributed by atoms with Crippen LogP contribution in [0.3, 0.4) is 0 Å². The molecule has 1 fully saturated rings. The van der Waals surface area contributed by atoms with Crippen molar-refractivity contribution in [2.24, 2.45) is 0 Å². The van der Waals surface area contributed by atoms with Crippen LogP contribution in [0, 0.1) is 0 Å². The first kappa shape index (κ1) is 13.8. The Morgan fingerprint density at radius 3 is 3.10 bits per heavy atom. The largest absolute Gasteiger partial charge is 0.354 e. The third-order valence-corrected chi connectivity index (χ3v) is 4.12. The normalized spacial score (nSPS) is 19.3. The van der Waals surface area contributed by atoms with Gasteiger partial charge >= 0.3 is 0 Å². The number of nitrogens with zero attached hydrogens (tertiary/aromatic N) is 3. The lowest BCUT2D eigenvalue weighted by Crippen LogP contribution is -2.36. The van der Waals surface area contributed by atoms with Gasteiger partial charge in [-0.25, -0.2) is 9.97 Å². The number of nitrogens with one attached hydrogen (secondary N) is 1. The van der Waals surface area contributed by atoms with Gasteiger partial charge < -0.3 is 9.88 Å². The van der Waals surface area contributed by atoms with E-state index in [1.54, 1.807) is 6.20 Å². The summed E-state index contributed by atoms with van der Waals surface area (Å²) in [5, 5.41) is 2.91. The number of alkyl halides is 1. The van der Waals surface area contributed by atoms with E-state index in [0.717, 1.165) is 27.9 Å². The molecule has 1 unspecified atom stereocenters. The van der Waals surface area contributed by atoms with Crippen molar-refractivity contribution in [3.63, 3.8) is 0 Å². The lowest BCUT2D eigenvalue weighted by Gasteiger charge is -2.25. The summed E-state index contributed by atoms with van der Waals surface area (Å²) in [6.45, 7) is 0.622. The fourth-order valence-corrected chi connectivity index (χ4v) is 3.08. The molecule has 5 nitrogen and oxygen atoms in total. The molecule has 106 valence electrons. The second-order valence-corrected chi connectivity index (χ2v) is 6.12. The number of halogens is 2. The van der Waals surface area contributed by atoms with Crippen molar-refractivity contribution in [3.8, 4) is 0 Å². The van der Waals surface area contributed by atoms with Crippen LogP contribution in [0.5, 0.6) is 0 Å². The first-order chi connectivity index (χ1) is 9.69. The number of pyridine rings is 1. The Kier molecular flexibility index (Phi) is 3.94. The molecule has 1 N–H and O–H groups in total. The first-order valence-electron chi connectivity index (χ1n) is 6.54. The second kappa shape index (κ2) is 5.69. The number of amides is 1. The van der Waals surface area contributed by atoms with Crippen LogP contribution in [-0.2, 0) is 11.2 Å². The SMILES string of the molecule is O=C1CCC(n2c(CCCl)nc3cc(Br)cnc32)CN1. The lowest BCUT2D eigenvalue weighted by molar-refractivity contribution is -0.122. The van der Waals surface area contributed by atoms with Crippen molar-refractivity contribution >= 4 is 44.6 Å². The molecule has 2 aromatic heterocycles. The van der Waals surface area contributed by atoms with Gasteiger partial charge in [-0.3, -0.25) is 4.79 Å². The van der Waals surface area contributed by atoms with E-state index < -0.39 is 0 Å². The summed E-state index contributed by atoms with van der Waals surface area (Å²) in [4.78, 5) is 20.4. The van der Waals surface area contributed by atoms with E-state index in [9.17, 15) is 4.79 Å². The number of hydrogen-bond donors (Lipinski definition) is 1. The highest BCUT2D eigenvalue weighted by Crippen LogP contribution is 2.26. The zero-order valence-electron chi connectivity index (χ0n) is 10.8. The molecule has 1 amide bonds. The molecule has 1 atom stereocenters. The van der Waals surface area contributed by atoms with Crippen LogP contribution >= 0.6 is 27.5 Å². The molecule has 0 aromatic carbocycles. The average Bonchev–Trinajstić information content (AvgIpc) is 2.77. The predicted molar refractivity (Wildman–Crippen MR) is 80.9 cm³/mol. The minimum Gasteiger partial charge on any atom is -0.354 e. The van der Waals surface area contributed by atoms with Crippen LogP contribution in [0.1, 0.15) is 24.7 Å². The molecule has 1 aliphatic heterocycles. The summed E-state index contributed by atoms with van der Waals surface area (Å²) in [7, 11) is 0. The van der Waals surface area contributed by atoms with E-state index in [1.165, 1.54) is 0 Å². The van der Waals surface area contributed by atoms with Gasteiger partial charge in [0.15, 0.2) is 5.65 Å². The number of carbonyl (C=O) groups is 1. The van der Waals surface area contributed by atoms with Crippen molar-refractivity contribution in [2.75, 3.05) is 12.4 Å². The number of rotatable bonds is 3. The van der Waals surface area contributed by atoms with E-state index in [4.69, 9.17) is 11.6 Å². The van der Waals surface area contributed by atoms with E-state index in [1.807, 2.05) is 6.07 Å². The third kappa shape index (κ3) is 2.54. The summed E-state index contributed by atoms with van der Waals surface area (Å²) in [6.07, 6.45) is 3.82. The van der Waals surface area contributed by atoms with E-state index >= 15 is 0 Å². The molecule has 7 heteroatoms. The van der Waals surface area contributed by atoms with Gasteiger partial charge in [-0.1, -0.05) is 0 Å². The Balaban J connectivity index is 2.06. The molecular formula is C13H14BrClN4O. The maximum atomic E-state index is 11.3. The zero-order chi connectivity index (χ0) is 14.1. The average molecular weight is 358 g/mol. The van der Waals surface area contributed by atoms with Crippen LogP contribution in [-0.4, -0.2) is 32.9 Å². The van der Waals surface area contributed by atoms with E-state index in [0.29, 0.717) is 25.3 Å². The van der Waals surface area contributed by atoms with Crippen molar-refractivity contribution in [1.29, 1.82) is 0 Å². The molecule has 1 aliphatic rings. The standard InChI is InChI=1S/C13H14BrClN4O/c14-8-5-10-13(17-6-8)19(11(18-10)3-4-15)9-1-2-12(20)16-7-9/h5-6,9H,1-4,7H2,(H,16,20). The fourth-order valence-electron chi connectivity index (χ4n) is 2.59. The quantitative estimate of drug-likeness (QED) is 0.858. The van der Waals surface area contributed by atoms with Gasteiger partial charge in [-0.15, -0.1) is 11.6 Å². The van der Waals surface area contributed by atoms with Gasteiger partial charge in [0, 0.05) is 35.9 Å². The van der Waals surface area contributed by atoms with Crippen LogP contribution in [0.15, 0.2) is 16.7 Å². The number of carbonyl (C=O) groups excluding carboxylic acids is 1. The Morgan fingerprint density at radius 1 is 1.55 bits per heavy atom. The molecule has 0 saturated carbocycles. The molecule has 0 bridgehead atoms. The number of hydrogen-bond acceptors (Lipinski definition) is 3. The molecule has 1 saturated heterocycles. The summed E-state index contributed by atoms with van der Waals surface area (Å²) in [5.41, 5.74) is 1.71. The first-order valence-corrected chi connectivity index (χ1v) is 7.87. The highest BCUT2D eigenvalue weighted by Gasteiger charge is 2.24. The molecule has 2 aromatic rings. The van der Waals surface area contributed by atoms with Gasteiger partial charge in [0.1, 0.15) is 11.3 Å². The van der Waals surface area contributed by atoms with Crippen molar-refractivity contribution in [1.82, 2.24) is 19.9 Å². The van der Waals surface area contributed by atoms with Crippen LogP contribution < -0.4 is 5.32 Å². The predicted octanol–water partition coefficient (Wildman–Crippen LogP) is 2.43. The maximum Gasteiger partial charge on any atom is 0.220 e. The monoisotopic (exact) mass is 356 g/mol. The zero-order valence-corrected chi connectivity index (χ0v) is 13.1. The van der Waals surface area contributed by atoms with Gasteiger partial charge in [-0.05, 0) is 28.4 Å².